The van der Waals surface area contributed by atoms with Crippen LogP contribution >= 0.6 is 0 Å². The van der Waals surface area contributed by atoms with Crippen molar-refractivity contribution in [1.82, 2.24) is 0 Å². The van der Waals surface area contributed by atoms with Gasteiger partial charge in [0.25, 0.3) is 0 Å². The zero-order chi connectivity index (χ0) is 12.4. The molecule has 2 rings (SSSR count). The third-order valence-corrected chi connectivity index (χ3v) is 2.92. The van der Waals surface area contributed by atoms with Crippen LogP contribution in [0.1, 0.15) is 19.4 Å². The van der Waals surface area contributed by atoms with E-state index in [0.29, 0.717) is 11.3 Å². The quantitative estimate of drug-likeness (QED) is 0.748. The maximum atomic E-state index is 8.81. The molecule has 1 saturated heterocycles. The van der Waals surface area contributed by atoms with Gasteiger partial charge in [0.15, 0.2) is 0 Å². The summed E-state index contributed by atoms with van der Waals surface area (Å²) in [7, 11) is 0. The van der Waals surface area contributed by atoms with Gasteiger partial charge in [-0.15, -0.1) is 0 Å². The summed E-state index contributed by atoms with van der Waals surface area (Å²) in [6.07, 6.45) is 0.405. The smallest absolute Gasteiger partial charge is 0.0992 e. The van der Waals surface area contributed by atoms with Crippen LogP contribution in [0.5, 0.6) is 0 Å². The Morgan fingerprint density at radius 1 is 1.35 bits per heavy atom. The molecule has 2 atom stereocenters. The monoisotopic (exact) mass is 231 g/mol. The molecule has 0 amide bonds. The molecule has 4 heteroatoms. The molecular formula is C13H17N3O. The van der Waals surface area contributed by atoms with E-state index in [2.05, 4.69) is 24.8 Å². The fraction of sp³-hybridized carbons (Fsp3) is 0.462. The lowest BCUT2D eigenvalue weighted by atomic mass is 10.1. The molecular weight excluding hydrogens is 214 g/mol. The molecule has 0 aromatic heterocycles. The number of hydrogen-bond donors (Lipinski definition) is 1. The van der Waals surface area contributed by atoms with Crippen molar-refractivity contribution in [1.29, 1.82) is 5.26 Å². The summed E-state index contributed by atoms with van der Waals surface area (Å²) in [4.78, 5) is 2.22. The third-order valence-electron chi connectivity index (χ3n) is 2.92. The highest BCUT2D eigenvalue weighted by Gasteiger charge is 2.23. The Kier molecular flexibility index (Phi) is 3.21. The summed E-state index contributed by atoms with van der Waals surface area (Å²) in [6, 6.07) is 7.53. The lowest BCUT2D eigenvalue weighted by Crippen LogP contribution is -2.45. The zero-order valence-electron chi connectivity index (χ0n) is 10.2. The Labute approximate surface area is 102 Å². The number of nitrogens with zero attached hydrogens (tertiary/aromatic N) is 2. The Bertz CT molecular complexity index is 442. The third kappa shape index (κ3) is 2.51. The first kappa shape index (κ1) is 11.7. The first-order valence-corrected chi connectivity index (χ1v) is 5.80. The summed E-state index contributed by atoms with van der Waals surface area (Å²) in [5.41, 5.74) is 8.23. The van der Waals surface area contributed by atoms with E-state index in [1.165, 1.54) is 0 Å². The lowest BCUT2D eigenvalue weighted by molar-refractivity contribution is -0.00517. The standard InChI is InChI=1S/C13H17N3O/c1-9-7-16(8-10(2)17-9)13-4-3-11(6-14)5-12(13)15/h3-5,9-10H,7-8,15H2,1-2H3. The number of nitrogen functional groups attached to an aromatic ring is 1. The average Bonchev–Trinajstić information content (AvgIpc) is 2.27. The van der Waals surface area contributed by atoms with Crippen molar-refractivity contribution in [3.8, 4) is 6.07 Å². The number of ether oxygens (including phenoxy) is 1. The van der Waals surface area contributed by atoms with Gasteiger partial charge in [0.05, 0.1) is 35.2 Å². The first-order valence-electron chi connectivity index (χ1n) is 5.80. The van der Waals surface area contributed by atoms with E-state index >= 15 is 0 Å². The zero-order valence-corrected chi connectivity index (χ0v) is 10.2. The van der Waals surface area contributed by atoms with Crippen LogP contribution in [-0.4, -0.2) is 25.3 Å². The lowest BCUT2D eigenvalue weighted by Gasteiger charge is -2.37. The highest BCUT2D eigenvalue weighted by molar-refractivity contribution is 5.69. The van der Waals surface area contributed by atoms with Crippen molar-refractivity contribution in [2.75, 3.05) is 23.7 Å². The fourth-order valence-electron chi connectivity index (χ4n) is 2.29. The van der Waals surface area contributed by atoms with E-state index in [1.807, 2.05) is 6.07 Å². The van der Waals surface area contributed by atoms with E-state index in [1.54, 1.807) is 12.1 Å². The SMILES string of the molecule is CC1CN(c2ccc(C#N)cc2N)CC(C)O1. The van der Waals surface area contributed by atoms with Crippen molar-refractivity contribution < 1.29 is 4.74 Å². The molecule has 4 nitrogen and oxygen atoms in total. The van der Waals surface area contributed by atoms with E-state index in [4.69, 9.17) is 15.7 Å². The Hall–Kier alpha value is -1.73. The number of benzene rings is 1. The van der Waals surface area contributed by atoms with E-state index < -0.39 is 0 Å². The van der Waals surface area contributed by atoms with Crippen molar-refractivity contribution >= 4 is 11.4 Å². The minimum atomic E-state index is 0.203. The molecule has 2 unspecified atom stereocenters. The van der Waals surface area contributed by atoms with E-state index in [-0.39, 0.29) is 12.2 Å². The van der Waals surface area contributed by atoms with Gasteiger partial charge in [0, 0.05) is 13.1 Å². The molecule has 1 aliphatic heterocycles. The van der Waals surface area contributed by atoms with Gasteiger partial charge >= 0.3 is 0 Å². The second-order valence-electron chi connectivity index (χ2n) is 4.55. The molecule has 0 bridgehead atoms. The second kappa shape index (κ2) is 4.64. The summed E-state index contributed by atoms with van der Waals surface area (Å²) >= 11 is 0. The van der Waals surface area contributed by atoms with Crippen LogP contribution in [0.25, 0.3) is 0 Å². The van der Waals surface area contributed by atoms with Crippen molar-refractivity contribution in [3.63, 3.8) is 0 Å². The minimum Gasteiger partial charge on any atom is -0.397 e. The normalized spacial score (nSPS) is 24.4. The fourth-order valence-corrected chi connectivity index (χ4v) is 2.29. The summed E-state index contributed by atoms with van der Waals surface area (Å²) in [5, 5.41) is 8.81. The van der Waals surface area contributed by atoms with Gasteiger partial charge < -0.3 is 15.4 Å². The number of anilines is 2. The molecule has 2 N–H and O–H groups in total. The van der Waals surface area contributed by atoms with Crippen LogP contribution in [-0.2, 0) is 4.74 Å². The van der Waals surface area contributed by atoms with Crippen LogP contribution in [0, 0.1) is 11.3 Å². The number of nitrogens with two attached hydrogens (primary N) is 1. The van der Waals surface area contributed by atoms with Gasteiger partial charge in [-0.3, -0.25) is 0 Å². The molecule has 1 aromatic rings. The summed E-state index contributed by atoms with van der Waals surface area (Å²) in [5.74, 6) is 0. The van der Waals surface area contributed by atoms with E-state index in [9.17, 15) is 0 Å². The van der Waals surface area contributed by atoms with Gasteiger partial charge in [-0.2, -0.15) is 5.26 Å². The van der Waals surface area contributed by atoms with Crippen LogP contribution in [0.15, 0.2) is 18.2 Å². The average molecular weight is 231 g/mol. The van der Waals surface area contributed by atoms with Crippen molar-refractivity contribution in [3.05, 3.63) is 23.8 Å². The maximum Gasteiger partial charge on any atom is 0.0992 e. The Morgan fingerprint density at radius 3 is 2.53 bits per heavy atom. The molecule has 1 aliphatic rings. The number of morpholine rings is 1. The predicted octanol–water partition coefficient (Wildman–Crippen LogP) is 1.75. The Morgan fingerprint density at radius 2 is 2.00 bits per heavy atom. The van der Waals surface area contributed by atoms with Gasteiger partial charge in [-0.05, 0) is 32.0 Å². The molecule has 1 fully saturated rings. The van der Waals surface area contributed by atoms with Crippen molar-refractivity contribution in [2.45, 2.75) is 26.1 Å². The predicted molar refractivity (Wildman–Crippen MR) is 67.8 cm³/mol. The molecule has 0 saturated carbocycles. The maximum absolute atomic E-state index is 8.81. The second-order valence-corrected chi connectivity index (χ2v) is 4.55. The molecule has 1 heterocycles. The molecule has 1 aromatic carbocycles. The van der Waals surface area contributed by atoms with Crippen molar-refractivity contribution in [2.24, 2.45) is 0 Å². The summed E-state index contributed by atoms with van der Waals surface area (Å²) < 4.78 is 5.69. The van der Waals surface area contributed by atoms with Gasteiger partial charge in [0.1, 0.15) is 0 Å². The van der Waals surface area contributed by atoms with Crippen LogP contribution in [0.4, 0.5) is 11.4 Å². The number of nitriles is 1. The van der Waals surface area contributed by atoms with Gasteiger partial charge in [0.2, 0.25) is 0 Å². The van der Waals surface area contributed by atoms with Crippen LogP contribution < -0.4 is 10.6 Å². The molecule has 17 heavy (non-hydrogen) atoms. The molecule has 0 radical (unpaired) electrons. The largest absolute Gasteiger partial charge is 0.397 e. The number of rotatable bonds is 1. The topological polar surface area (TPSA) is 62.3 Å². The molecule has 0 aliphatic carbocycles. The highest BCUT2D eigenvalue weighted by atomic mass is 16.5. The van der Waals surface area contributed by atoms with Crippen LogP contribution in [0.3, 0.4) is 0 Å². The minimum absolute atomic E-state index is 0.203. The molecule has 0 spiro atoms. The molecule has 90 valence electrons. The first-order chi connectivity index (χ1) is 8.10. The number of hydrogen-bond acceptors (Lipinski definition) is 4. The van der Waals surface area contributed by atoms with Gasteiger partial charge in [-0.1, -0.05) is 0 Å². The van der Waals surface area contributed by atoms with E-state index in [0.717, 1.165) is 18.8 Å². The van der Waals surface area contributed by atoms with Gasteiger partial charge in [-0.25, -0.2) is 0 Å². The highest BCUT2D eigenvalue weighted by Crippen LogP contribution is 2.27. The summed E-state index contributed by atoms with van der Waals surface area (Å²) in [6.45, 7) is 5.78. The Balaban J connectivity index is 2.25. The van der Waals surface area contributed by atoms with Crippen LogP contribution in [0.2, 0.25) is 0 Å².